The molecule has 358 valence electrons. The Bertz CT molecular complexity index is 1130. The van der Waals surface area contributed by atoms with E-state index in [0.29, 0.717) is 17.4 Å². The number of amides is 1. The summed E-state index contributed by atoms with van der Waals surface area (Å²) >= 11 is 0. The van der Waals surface area contributed by atoms with Gasteiger partial charge in [0.15, 0.2) is 0 Å². The maximum atomic E-state index is 12.9. The van der Waals surface area contributed by atoms with Crippen molar-refractivity contribution in [2.45, 2.75) is 238 Å². The number of hydrogen-bond acceptors (Lipinski definition) is 6. The second kappa shape index (κ2) is 43.7. The number of hydrogen-bond donors (Lipinski definition) is 2. The van der Waals surface area contributed by atoms with Crippen molar-refractivity contribution in [3.05, 3.63) is 48.6 Å². The number of likely N-dealkylation sites (N-methyl/N-ethyl adjacent to an activating group) is 1. The van der Waals surface area contributed by atoms with Crippen molar-refractivity contribution in [2.24, 2.45) is 0 Å². The van der Waals surface area contributed by atoms with Gasteiger partial charge < -0.3 is 28.8 Å². The van der Waals surface area contributed by atoms with E-state index < -0.39 is 26.6 Å². The van der Waals surface area contributed by atoms with Crippen molar-refractivity contribution >= 4 is 13.7 Å². The zero-order chi connectivity index (χ0) is 45.0. The molecule has 0 spiro atoms. The summed E-state index contributed by atoms with van der Waals surface area (Å²) in [7, 11) is 1.23. The van der Waals surface area contributed by atoms with Gasteiger partial charge in [-0.3, -0.25) is 9.36 Å². The highest BCUT2D eigenvalue weighted by molar-refractivity contribution is 7.45. The van der Waals surface area contributed by atoms with Crippen LogP contribution in [0.15, 0.2) is 48.6 Å². The summed E-state index contributed by atoms with van der Waals surface area (Å²) in [5.74, 6) is -0.222. The monoisotopic (exact) mass is 879 g/mol. The van der Waals surface area contributed by atoms with E-state index in [9.17, 15) is 19.4 Å². The van der Waals surface area contributed by atoms with Gasteiger partial charge >= 0.3 is 0 Å². The lowest BCUT2D eigenvalue weighted by atomic mass is 10.0. The molecule has 0 saturated carbocycles. The third-order valence-corrected chi connectivity index (χ3v) is 12.2. The van der Waals surface area contributed by atoms with Gasteiger partial charge in [0.05, 0.1) is 39.9 Å². The van der Waals surface area contributed by atoms with Gasteiger partial charge in [-0.25, -0.2) is 0 Å². The van der Waals surface area contributed by atoms with E-state index in [1.54, 1.807) is 6.08 Å². The number of carbonyl (C=O) groups excluding carboxylic acids is 1. The summed E-state index contributed by atoms with van der Waals surface area (Å²) < 4.78 is 23.2. The number of nitrogens with zero attached hydrogens (tertiary/aromatic N) is 1. The molecule has 0 aromatic heterocycles. The van der Waals surface area contributed by atoms with Gasteiger partial charge in [0.2, 0.25) is 5.91 Å². The van der Waals surface area contributed by atoms with Gasteiger partial charge in [-0.15, -0.1) is 0 Å². The molecule has 8 nitrogen and oxygen atoms in total. The van der Waals surface area contributed by atoms with Crippen LogP contribution in [0.1, 0.15) is 226 Å². The van der Waals surface area contributed by atoms with Crippen LogP contribution < -0.4 is 10.2 Å². The van der Waals surface area contributed by atoms with E-state index >= 15 is 0 Å². The lowest BCUT2D eigenvalue weighted by molar-refractivity contribution is -0.870. The van der Waals surface area contributed by atoms with Gasteiger partial charge in [0.1, 0.15) is 13.2 Å². The first-order chi connectivity index (χ1) is 29.5. The largest absolute Gasteiger partial charge is 0.756 e. The van der Waals surface area contributed by atoms with Crippen LogP contribution in [0.4, 0.5) is 0 Å². The molecule has 61 heavy (non-hydrogen) atoms. The quantitative estimate of drug-likeness (QED) is 0.0273. The fourth-order valence-corrected chi connectivity index (χ4v) is 7.91. The predicted octanol–water partition coefficient (Wildman–Crippen LogP) is 14.2. The normalized spacial score (nSPS) is 14.5. The Hall–Kier alpha value is -1.54. The average molecular weight is 879 g/mol. The highest BCUT2D eigenvalue weighted by Gasteiger charge is 2.23. The SMILES string of the molecule is CCCC/C=C\C/C=C\CCCCCCCC(=O)NC(COP(=O)([O-])OCC[N+](C)(C)C)C(O)/C=C/CC/C=C/CCCCCCCCCCCCCCCCCCCCC. The molecule has 0 aliphatic rings. The standard InChI is InChI=1S/C52H99N2O6P/c1-6-8-10-12-14-16-18-20-22-23-24-25-26-27-28-29-30-31-32-33-35-37-39-41-43-45-51(55)50(49-60-61(57,58)59-48-47-54(3,4)5)53-52(56)46-44-42-40-38-36-34-21-19-17-15-13-11-9-7-2/h13,15,19,21,35,37,43,45,50-51,55H,6-12,14,16-18,20,22-34,36,38-42,44,46-49H2,1-5H3,(H-,53,56,57,58)/b15-13-,21-19-,37-35+,45-43+. The maximum Gasteiger partial charge on any atom is 0.268 e. The topological polar surface area (TPSA) is 108 Å². The van der Waals surface area contributed by atoms with Crippen molar-refractivity contribution < 1.29 is 32.9 Å². The number of phosphoric ester groups is 1. The van der Waals surface area contributed by atoms with Crippen LogP contribution in [0.5, 0.6) is 0 Å². The number of aliphatic hydroxyl groups excluding tert-OH is 1. The summed E-state index contributed by atoms with van der Waals surface area (Å²) in [6.07, 6.45) is 56.1. The molecule has 0 rings (SSSR count). The lowest BCUT2D eigenvalue weighted by Crippen LogP contribution is -2.45. The fraction of sp³-hybridized carbons (Fsp3) is 0.827. The van der Waals surface area contributed by atoms with Crippen LogP contribution in [0.25, 0.3) is 0 Å². The van der Waals surface area contributed by atoms with E-state index in [4.69, 9.17) is 9.05 Å². The Kier molecular flexibility index (Phi) is 42.6. The van der Waals surface area contributed by atoms with Crippen LogP contribution in [0.2, 0.25) is 0 Å². The van der Waals surface area contributed by atoms with Crippen LogP contribution in [-0.4, -0.2) is 68.5 Å². The maximum absolute atomic E-state index is 12.9. The molecule has 0 fully saturated rings. The summed E-state index contributed by atoms with van der Waals surface area (Å²) in [6, 6.07) is -0.911. The molecule has 0 aromatic carbocycles. The minimum Gasteiger partial charge on any atom is -0.756 e. The highest BCUT2D eigenvalue weighted by Crippen LogP contribution is 2.38. The first-order valence-electron chi connectivity index (χ1n) is 25.5. The molecule has 0 saturated heterocycles. The van der Waals surface area contributed by atoms with Gasteiger partial charge in [-0.2, -0.15) is 0 Å². The molecule has 0 aliphatic heterocycles. The molecule has 0 aromatic rings. The van der Waals surface area contributed by atoms with Crippen LogP contribution in [-0.2, 0) is 18.4 Å². The highest BCUT2D eigenvalue weighted by atomic mass is 31.2. The number of unbranched alkanes of at least 4 members (excludes halogenated alkanes) is 27. The zero-order valence-corrected chi connectivity index (χ0v) is 41.5. The minimum absolute atomic E-state index is 0.0103. The number of phosphoric acid groups is 1. The van der Waals surface area contributed by atoms with Crippen molar-refractivity contribution in [3.8, 4) is 0 Å². The zero-order valence-electron chi connectivity index (χ0n) is 40.6. The van der Waals surface area contributed by atoms with E-state index in [1.807, 2.05) is 27.2 Å². The Morgan fingerprint density at radius 2 is 0.984 bits per heavy atom. The van der Waals surface area contributed by atoms with Gasteiger partial charge in [0, 0.05) is 6.42 Å². The van der Waals surface area contributed by atoms with Gasteiger partial charge in [0.25, 0.3) is 7.82 Å². The van der Waals surface area contributed by atoms with Gasteiger partial charge in [-0.05, 0) is 57.8 Å². The Labute approximate surface area is 378 Å². The van der Waals surface area contributed by atoms with E-state index in [-0.39, 0.29) is 12.5 Å². The third-order valence-electron chi connectivity index (χ3n) is 11.3. The van der Waals surface area contributed by atoms with E-state index in [1.165, 1.54) is 141 Å². The lowest BCUT2D eigenvalue weighted by Gasteiger charge is -2.29. The molecule has 3 atom stereocenters. The molecular weight excluding hydrogens is 780 g/mol. The van der Waals surface area contributed by atoms with Crippen LogP contribution in [0.3, 0.4) is 0 Å². The summed E-state index contributed by atoms with van der Waals surface area (Å²) in [5, 5.41) is 13.8. The predicted molar refractivity (Wildman–Crippen MR) is 261 cm³/mol. The second-order valence-corrected chi connectivity index (χ2v) is 19.9. The summed E-state index contributed by atoms with van der Waals surface area (Å²) in [6.45, 7) is 4.58. The first kappa shape index (κ1) is 59.5. The van der Waals surface area contributed by atoms with Gasteiger partial charge in [-0.1, -0.05) is 210 Å². The molecular formula is C52H99N2O6P. The molecule has 9 heteroatoms. The molecule has 0 heterocycles. The van der Waals surface area contributed by atoms with Crippen LogP contribution in [0, 0.1) is 0 Å². The number of quaternary nitrogens is 1. The molecule has 3 unspecified atom stereocenters. The van der Waals surface area contributed by atoms with Crippen molar-refractivity contribution in [2.75, 3.05) is 40.9 Å². The number of carbonyl (C=O) groups is 1. The summed E-state index contributed by atoms with van der Waals surface area (Å²) in [4.78, 5) is 25.3. The molecule has 0 radical (unpaired) electrons. The van der Waals surface area contributed by atoms with Crippen molar-refractivity contribution in [1.29, 1.82) is 0 Å². The Balaban J connectivity index is 4.31. The molecule has 0 aliphatic carbocycles. The van der Waals surface area contributed by atoms with E-state index in [2.05, 4.69) is 55.6 Å². The Morgan fingerprint density at radius 1 is 0.574 bits per heavy atom. The third kappa shape index (κ3) is 46.3. The number of allylic oxidation sites excluding steroid dienone is 7. The van der Waals surface area contributed by atoms with Crippen LogP contribution >= 0.6 is 7.82 Å². The average Bonchev–Trinajstić information content (AvgIpc) is 3.21. The first-order valence-corrected chi connectivity index (χ1v) is 27.0. The fourth-order valence-electron chi connectivity index (χ4n) is 7.19. The summed E-state index contributed by atoms with van der Waals surface area (Å²) in [5.41, 5.74) is 0. The Morgan fingerprint density at radius 3 is 1.48 bits per heavy atom. The van der Waals surface area contributed by atoms with E-state index in [0.717, 1.165) is 64.2 Å². The molecule has 2 N–H and O–H groups in total. The second-order valence-electron chi connectivity index (χ2n) is 18.5. The smallest absolute Gasteiger partial charge is 0.268 e. The van der Waals surface area contributed by atoms with Crippen molar-refractivity contribution in [3.63, 3.8) is 0 Å². The number of rotatable bonds is 46. The molecule has 1 amide bonds. The minimum atomic E-state index is -4.60. The number of nitrogens with one attached hydrogen (secondary N) is 1. The molecule has 0 bridgehead atoms. The van der Waals surface area contributed by atoms with Crippen molar-refractivity contribution in [1.82, 2.24) is 5.32 Å². The number of aliphatic hydroxyl groups is 1.